The molecule has 0 amide bonds. The first-order valence-corrected chi connectivity index (χ1v) is 5.55. The maximum atomic E-state index is 5.49. The molecule has 0 atom stereocenters. The summed E-state index contributed by atoms with van der Waals surface area (Å²) < 4.78 is 5.49. The Hall–Kier alpha value is -1.58. The van der Waals surface area contributed by atoms with E-state index < -0.39 is 0 Å². The van der Waals surface area contributed by atoms with Crippen LogP contribution >= 0.6 is 0 Å². The second-order valence-electron chi connectivity index (χ2n) is 3.72. The Morgan fingerprint density at radius 1 is 1.50 bits per heavy atom. The molecule has 0 spiro atoms. The molecule has 1 heterocycles. The van der Waals surface area contributed by atoms with Gasteiger partial charge in [0.1, 0.15) is 12.1 Å². The number of aromatic nitrogens is 2. The number of hydrogen-bond donors (Lipinski definition) is 1. The zero-order chi connectivity index (χ0) is 11.8. The first kappa shape index (κ1) is 12.5. The monoisotopic (exact) mass is 221 g/mol. The van der Waals surface area contributed by atoms with Crippen molar-refractivity contribution in [2.24, 2.45) is 0 Å². The molecule has 1 N–H and O–H groups in total. The van der Waals surface area contributed by atoms with E-state index in [0.29, 0.717) is 12.5 Å². The highest BCUT2D eigenvalue weighted by atomic mass is 16.5. The van der Waals surface area contributed by atoms with E-state index in [9.17, 15) is 0 Å². The van der Waals surface area contributed by atoms with Crippen LogP contribution in [0, 0.1) is 0 Å². The smallest absolute Gasteiger partial charge is 0.218 e. The molecule has 16 heavy (non-hydrogen) atoms. The molecule has 4 nitrogen and oxygen atoms in total. The second-order valence-corrected chi connectivity index (χ2v) is 3.72. The molecular weight excluding hydrogens is 202 g/mol. The second kappa shape index (κ2) is 6.82. The number of ether oxygens (including phenoxy) is 1. The van der Waals surface area contributed by atoms with Gasteiger partial charge in [-0.3, -0.25) is 0 Å². The minimum atomic E-state index is 0.606. The summed E-state index contributed by atoms with van der Waals surface area (Å²) in [7, 11) is 0. The van der Waals surface area contributed by atoms with Crippen LogP contribution in [-0.4, -0.2) is 23.1 Å². The van der Waals surface area contributed by atoms with Gasteiger partial charge in [-0.05, 0) is 13.3 Å². The molecule has 0 fully saturated rings. The Morgan fingerprint density at radius 3 is 3.00 bits per heavy atom. The van der Waals surface area contributed by atoms with Crippen molar-refractivity contribution in [1.82, 2.24) is 9.97 Å². The lowest BCUT2D eigenvalue weighted by atomic mass is 10.3. The molecule has 0 unspecified atom stereocenters. The van der Waals surface area contributed by atoms with Crippen LogP contribution in [0.2, 0.25) is 0 Å². The van der Waals surface area contributed by atoms with Crippen molar-refractivity contribution in [2.75, 3.05) is 18.5 Å². The van der Waals surface area contributed by atoms with Gasteiger partial charge in [0.15, 0.2) is 0 Å². The van der Waals surface area contributed by atoms with E-state index >= 15 is 0 Å². The van der Waals surface area contributed by atoms with E-state index in [1.807, 2.05) is 13.0 Å². The van der Waals surface area contributed by atoms with Gasteiger partial charge >= 0.3 is 0 Å². The van der Waals surface area contributed by atoms with Crippen LogP contribution in [0.4, 0.5) is 5.82 Å². The van der Waals surface area contributed by atoms with Crippen molar-refractivity contribution >= 4 is 5.82 Å². The maximum absolute atomic E-state index is 5.49. The van der Waals surface area contributed by atoms with Gasteiger partial charge in [-0.15, -0.1) is 6.58 Å². The zero-order valence-corrected chi connectivity index (χ0v) is 9.99. The molecule has 1 aromatic heterocycles. The summed E-state index contributed by atoms with van der Waals surface area (Å²) in [5.74, 6) is 1.41. The van der Waals surface area contributed by atoms with Gasteiger partial charge in [0.25, 0.3) is 0 Å². The van der Waals surface area contributed by atoms with Crippen molar-refractivity contribution < 1.29 is 4.74 Å². The predicted octanol–water partition coefficient (Wildman–Crippen LogP) is 2.64. The third-order valence-electron chi connectivity index (χ3n) is 1.98. The standard InChI is InChI=1S/C12H19N3O/c1-4-6-13-11-8-12(15-9-14-11)16-7-5-10(2)3/h8-9H,2,4-7H2,1,3H3,(H,13,14,15). The van der Waals surface area contributed by atoms with Crippen LogP contribution in [0.5, 0.6) is 5.88 Å². The average molecular weight is 221 g/mol. The van der Waals surface area contributed by atoms with E-state index in [-0.39, 0.29) is 0 Å². The van der Waals surface area contributed by atoms with Gasteiger partial charge in [-0.2, -0.15) is 0 Å². The van der Waals surface area contributed by atoms with Gasteiger partial charge in [-0.25, -0.2) is 9.97 Å². The molecule has 0 radical (unpaired) electrons. The van der Waals surface area contributed by atoms with Crippen LogP contribution in [0.3, 0.4) is 0 Å². The quantitative estimate of drug-likeness (QED) is 0.719. The molecule has 1 rings (SSSR count). The summed E-state index contributed by atoms with van der Waals surface area (Å²) >= 11 is 0. The fourth-order valence-electron chi connectivity index (χ4n) is 1.10. The Kier molecular flexibility index (Phi) is 5.32. The molecule has 0 saturated carbocycles. The van der Waals surface area contributed by atoms with Crippen molar-refractivity contribution in [3.8, 4) is 5.88 Å². The number of nitrogens with zero attached hydrogens (tertiary/aromatic N) is 2. The van der Waals surface area contributed by atoms with E-state index in [1.165, 1.54) is 6.33 Å². The highest BCUT2D eigenvalue weighted by Gasteiger charge is 1.98. The number of rotatable bonds is 7. The Balaban J connectivity index is 2.43. The molecule has 0 aromatic carbocycles. The Labute approximate surface area is 96.8 Å². The third kappa shape index (κ3) is 4.77. The molecular formula is C12H19N3O. The minimum absolute atomic E-state index is 0.606. The summed E-state index contributed by atoms with van der Waals surface area (Å²) in [6.07, 6.45) is 3.42. The summed E-state index contributed by atoms with van der Waals surface area (Å²) in [5, 5.41) is 3.19. The van der Waals surface area contributed by atoms with Gasteiger partial charge < -0.3 is 10.1 Å². The van der Waals surface area contributed by atoms with Crippen LogP contribution in [0.1, 0.15) is 26.7 Å². The lowest BCUT2D eigenvalue weighted by Crippen LogP contribution is -2.04. The molecule has 0 aliphatic rings. The van der Waals surface area contributed by atoms with Crippen molar-refractivity contribution in [1.29, 1.82) is 0 Å². The number of nitrogens with one attached hydrogen (secondary N) is 1. The SMILES string of the molecule is C=C(C)CCOc1cc(NCCC)ncn1. The lowest BCUT2D eigenvalue weighted by Gasteiger charge is -2.07. The van der Waals surface area contributed by atoms with E-state index in [4.69, 9.17) is 4.74 Å². The first-order valence-electron chi connectivity index (χ1n) is 5.55. The van der Waals surface area contributed by atoms with Crippen LogP contribution in [-0.2, 0) is 0 Å². The molecule has 88 valence electrons. The maximum Gasteiger partial charge on any atom is 0.218 e. The van der Waals surface area contributed by atoms with E-state index in [1.54, 1.807) is 0 Å². The summed E-state index contributed by atoms with van der Waals surface area (Å²) in [4.78, 5) is 8.14. The van der Waals surface area contributed by atoms with E-state index in [0.717, 1.165) is 30.8 Å². The summed E-state index contributed by atoms with van der Waals surface area (Å²) in [6, 6.07) is 1.81. The largest absolute Gasteiger partial charge is 0.477 e. The highest BCUT2D eigenvalue weighted by molar-refractivity contribution is 5.36. The van der Waals surface area contributed by atoms with Gasteiger partial charge in [-0.1, -0.05) is 12.5 Å². The molecule has 4 heteroatoms. The van der Waals surface area contributed by atoms with Gasteiger partial charge in [0, 0.05) is 19.0 Å². The summed E-state index contributed by atoms with van der Waals surface area (Å²) in [6.45, 7) is 9.43. The summed E-state index contributed by atoms with van der Waals surface area (Å²) in [5.41, 5.74) is 1.11. The van der Waals surface area contributed by atoms with Crippen molar-refractivity contribution in [3.05, 3.63) is 24.5 Å². The topological polar surface area (TPSA) is 47.0 Å². The first-order chi connectivity index (χ1) is 7.72. The van der Waals surface area contributed by atoms with E-state index in [2.05, 4.69) is 28.8 Å². The minimum Gasteiger partial charge on any atom is -0.477 e. The Morgan fingerprint density at radius 2 is 2.31 bits per heavy atom. The average Bonchev–Trinajstić information content (AvgIpc) is 2.26. The normalized spacial score (nSPS) is 9.88. The van der Waals surface area contributed by atoms with Gasteiger partial charge in [0.2, 0.25) is 5.88 Å². The number of hydrogen-bond acceptors (Lipinski definition) is 4. The predicted molar refractivity (Wildman–Crippen MR) is 65.7 cm³/mol. The fourth-order valence-corrected chi connectivity index (χ4v) is 1.10. The van der Waals surface area contributed by atoms with Crippen molar-refractivity contribution in [3.63, 3.8) is 0 Å². The molecule has 0 saturated heterocycles. The molecule has 0 aliphatic heterocycles. The molecule has 1 aromatic rings. The van der Waals surface area contributed by atoms with Crippen molar-refractivity contribution in [2.45, 2.75) is 26.7 Å². The number of anilines is 1. The fraction of sp³-hybridized carbons (Fsp3) is 0.500. The molecule has 0 aliphatic carbocycles. The highest BCUT2D eigenvalue weighted by Crippen LogP contribution is 2.11. The van der Waals surface area contributed by atoms with Gasteiger partial charge in [0.05, 0.1) is 6.61 Å². The van der Waals surface area contributed by atoms with Crippen LogP contribution in [0.15, 0.2) is 24.5 Å². The zero-order valence-electron chi connectivity index (χ0n) is 9.99. The third-order valence-corrected chi connectivity index (χ3v) is 1.98. The lowest BCUT2D eigenvalue weighted by molar-refractivity contribution is 0.309. The molecule has 0 bridgehead atoms. The van der Waals surface area contributed by atoms with Crippen LogP contribution in [0.25, 0.3) is 0 Å². The van der Waals surface area contributed by atoms with Crippen LogP contribution < -0.4 is 10.1 Å². The Bertz CT molecular complexity index is 339.